The van der Waals surface area contributed by atoms with Gasteiger partial charge in [0, 0.05) is 50.5 Å². The number of benzene rings is 2. The summed E-state index contributed by atoms with van der Waals surface area (Å²) in [4.78, 5) is 44.7. The van der Waals surface area contributed by atoms with E-state index in [4.69, 9.17) is 4.74 Å². The van der Waals surface area contributed by atoms with E-state index in [1.54, 1.807) is 19.1 Å². The molecule has 0 bridgehead atoms. The first-order valence-electron chi connectivity index (χ1n) is 12.6. The van der Waals surface area contributed by atoms with E-state index in [0.29, 0.717) is 61.7 Å². The van der Waals surface area contributed by atoms with Crippen molar-refractivity contribution in [2.75, 3.05) is 45.9 Å². The summed E-state index contributed by atoms with van der Waals surface area (Å²) in [5.41, 5.74) is 3.06. The van der Waals surface area contributed by atoms with Gasteiger partial charge in [0.15, 0.2) is 0 Å². The Bertz CT molecular complexity index is 1190. The highest BCUT2D eigenvalue weighted by molar-refractivity contribution is 5.95. The molecule has 8 nitrogen and oxygen atoms in total. The zero-order valence-electron chi connectivity index (χ0n) is 21.5. The minimum atomic E-state index is -0.829. The van der Waals surface area contributed by atoms with Crippen molar-refractivity contribution in [3.63, 3.8) is 0 Å². The molecule has 0 radical (unpaired) electrons. The van der Waals surface area contributed by atoms with E-state index in [0.717, 1.165) is 5.56 Å². The minimum Gasteiger partial charge on any atom is -0.463 e. The Balaban J connectivity index is 1.59. The lowest BCUT2D eigenvalue weighted by Crippen LogP contribution is -2.53. The van der Waals surface area contributed by atoms with Gasteiger partial charge in [-0.05, 0) is 50.6 Å². The van der Waals surface area contributed by atoms with Crippen LogP contribution in [0.4, 0.5) is 9.18 Å². The topological polar surface area (TPSA) is 82.2 Å². The molecule has 1 saturated heterocycles. The Kier molecular flexibility index (Phi) is 8.23. The van der Waals surface area contributed by atoms with Crippen molar-refractivity contribution in [3.8, 4) is 0 Å². The van der Waals surface area contributed by atoms with Gasteiger partial charge in [-0.25, -0.2) is 14.0 Å². The second kappa shape index (κ2) is 11.6. The quantitative estimate of drug-likeness (QED) is 0.579. The van der Waals surface area contributed by atoms with Gasteiger partial charge in [0.05, 0.1) is 18.2 Å². The maximum Gasteiger partial charge on any atom is 0.338 e. The minimum absolute atomic E-state index is 0.00975. The Morgan fingerprint density at radius 2 is 1.76 bits per heavy atom. The van der Waals surface area contributed by atoms with E-state index in [-0.39, 0.29) is 18.5 Å². The predicted molar refractivity (Wildman–Crippen MR) is 137 cm³/mol. The highest BCUT2D eigenvalue weighted by Gasteiger charge is 2.38. The van der Waals surface area contributed by atoms with Crippen LogP contribution in [0.5, 0.6) is 0 Å². The van der Waals surface area contributed by atoms with E-state index >= 15 is 0 Å². The molecule has 1 fully saturated rings. The van der Waals surface area contributed by atoms with Gasteiger partial charge in [-0.2, -0.15) is 0 Å². The normalized spacial score (nSPS) is 18.6. The molecule has 3 amide bonds. The first-order valence-corrected chi connectivity index (χ1v) is 12.6. The number of amides is 3. The lowest BCUT2D eigenvalue weighted by molar-refractivity contribution is -0.139. The number of rotatable bonds is 7. The van der Waals surface area contributed by atoms with Gasteiger partial charge < -0.3 is 15.0 Å². The zero-order valence-corrected chi connectivity index (χ0v) is 21.5. The molecule has 2 aliphatic rings. The zero-order chi connectivity index (χ0) is 26.5. The van der Waals surface area contributed by atoms with E-state index in [2.05, 4.69) is 10.2 Å². The van der Waals surface area contributed by atoms with Gasteiger partial charge in [-0.1, -0.05) is 29.8 Å². The van der Waals surface area contributed by atoms with Crippen molar-refractivity contribution in [2.45, 2.75) is 26.8 Å². The summed E-state index contributed by atoms with van der Waals surface area (Å²) in [5.74, 6) is -1.01. The van der Waals surface area contributed by atoms with E-state index < -0.39 is 17.8 Å². The van der Waals surface area contributed by atoms with Crippen LogP contribution in [0.15, 0.2) is 59.8 Å². The number of esters is 1. The standard InChI is InChI=1S/C28H33FN4O4/c1-4-33-23(18-31-13-15-32(16-14-31)26(34)20-11-9-19(3)10-12-20)24(27(35)37-5-2)25(30-28(33)36)21-7-6-8-22(29)17-21/h6-12,17,25H,4-5,13-16,18H2,1-3H3,(H,30,36)/t25-/m0/s1. The van der Waals surface area contributed by atoms with E-state index in [1.165, 1.54) is 17.0 Å². The summed E-state index contributed by atoms with van der Waals surface area (Å²) in [7, 11) is 0. The number of ether oxygens (including phenoxy) is 1. The molecule has 2 heterocycles. The third-order valence-electron chi connectivity index (χ3n) is 6.76. The van der Waals surface area contributed by atoms with Crippen LogP contribution in [-0.2, 0) is 9.53 Å². The van der Waals surface area contributed by atoms with Crippen molar-refractivity contribution >= 4 is 17.9 Å². The molecular formula is C28H33FN4O4. The number of urea groups is 1. The largest absolute Gasteiger partial charge is 0.463 e. The number of nitrogens with one attached hydrogen (secondary N) is 1. The summed E-state index contributed by atoms with van der Waals surface area (Å²) < 4.78 is 19.4. The van der Waals surface area contributed by atoms with Crippen LogP contribution in [-0.4, -0.2) is 78.5 Å². The number of carbonyl (C=O) groups is 3. The fourth-order valence-corrected chi connectivity index (χ4v) is 4.79. The maximum absolute atomic E-state index is 14.1. The molecule has 9 heteroatoms. The monoisotopic (exact) mass is 508 g/mol. The summed E-state index contributed by atoms with van der Waals surface area (Å²) >= 11 is 0. The maximum atomic E-state index is 14.1. The molecule has 2 aromatic carbocycles. The lowest BCUT2D eigenvalue weighted by atomic mass is 9.94. The molecule has 0 aliphatic carbocycles. The Labute approximate surface area is 216 Å². The number of hydrogen-bond donors (Lipinski definition) is 1. The first-order chi connectivity index (χ1) is 17.8. The Hall–Kier alpha value is -3.72. The first kappa shape index (κ1) is 26.3. The van der Waals surface area contributed by atoms with Crippen molar-refractivity contribution in [3.05, 3.63) is 82.3 Å². The van der Waals surface area contributed by atoms with Crippen molar-refractivity contribution in [2.24, 2.45) is 0 Å². The molecule has 0 aromatic heterocycles. The van der Waals surface area contributed by atoms with Crippen LogP contribution in [0.3, 0.4) is 0 Å². The average Bonchev–Trinajstić information content (AvgIpc) is 2.89. The number of aryl methyl sites for hydroxylation is 1. The summed E-state index contributed by atoms with van der Waals surface area (Å²) in [6.07, 6.45) is 0. The molecule has 1 N–H and O–H groups in total. The summed E-state index contributed by atoms with van der Waals surface area (Å²) in [6.45, 7) is 8.62. The number of likely N-dealkylation sites (N-methyl/N-ethyl adjacent to an activating group) is 1. The third kappa shape index (κ3) is 5.83. The van der Waals surface area contributed by atoms with Crippen molar-refractivity contribution < 1.29 is 23.5 Å². The van der Waals surface area contributed by atoms with Gasteiger partial charge in [0.25, 0.3) is 5.91 Å². The molecule has 0 spiro atoms. The highest BCUT2D eigenvalue weighted by Crippen LogP contribution is 2.32. The fourth-order valence-electron chi connectivity index (χ4n) is 4.79. The van der Waals surface area contributed by atoms with Crippen LogP contribution < -0.4 is 5.32 Å². The van der Waals surface area contributed by atoms with Crippen LogP contribution in [0.25, 0.3) is 0 Å². The van der Waals surface area contributed by atoms with Gasteiger partial charge >= 0.3 is 12.0 Å². The van der Waals surface area contributed by atoms with Gasteiger partial charge in [0.2, 0.25) is 0 Å². The fraction of sp³-hybridized carbons (Fsp3) is 0.393. The van der Waals surface area contributed by atoms with E-state index in [1.807, 2.05) is 43.0 Å². The second-order valence-electron chi connectivity index (χ2n) is 9.20. The number of piperazine rings is 1. The van der Waals surface area contributed by atoms with Gasteiger partial charge in [-0.15, -0.1) is 0 Å². The molecule has 0 saturated carbocycles. The van der Waals surface area contributed by atoms with E-state index in [9.17, 15) is 18.8 Å². The molecule has 196 valence electrons. The SMILES string of the molecule is CCOC(=O)C1=C(CN2CCN(C(=O)c3ccc(C)cc3)CC2)N(CC)C(=O)N[C@H]1c1cccc(F)c1. The highest BCUT2D eigenvalue weighted by atomic mass is 19.1. The van der Waals surface area contributed by atoms with Crippen LogP contribution in [0.2, 0.25) is 0 Å². The molecule has 37 heavy (non-hydrogen) atoms. The molecule has 2 aliphatic heterocycles. The van der Waals surface area contributed by atoms with Crippen molar-refractivity contribution in [1.29, 1.82) is 0 Å². The second-order valence-corrected chi connectivity index (χ2v) is 9.20. The lowest BCUT2D eigenvalue weighted by Gasteiger charge is -2.40. The van der Waals surface area contributed by atoms with Crippen LogP contribution in [0, 0.1) is 12.7 Å². The molecule has 0 unspecified atom stereocenters. The molecule has 4 rings (SSSR count). The van der Waals surface area contributed by atoms with Gasteiger partial charge in [-0.3, -0.25) is 14.6 Å². The number of nitrogens with zero attached hydrogens (tertiary/aromatic N) is 3. The average molecular weight is 509 g/mol. The summed E-state index contributed by atoms with van der Waals surface area (Å²) in [5, 5.41) is 2.85. The van der Waals surface area contributed by atoms with Crippen molar-refractivity contribution in [1.82, 2.24) is 20.0 Å². The molecule has 2 aromatic rings. The molecular weight excluding hydrogens is 475 g/mol. The Morgan fingerprint density at radius 3 is 2.38 bits per heavy atom. The molecule has 1 atom stereocenters. The van der Waals surface area contributed by atoms with Crippen LogP contribution >= 0.6 is 0 Å². The predicted octanol–water partition coefficient (Wildman–Crippen LogP) is 3.50. The Morgan fingerprint density at radius 1 is 1.05 bits per heavy atom. The van der Waals surface area contributed by atoms with Crippen LogP contribution in [0.1, 0.15) is 41.4 Å². The smallest absolute Gasteiger partial charge is 0.338 e. The number of halogens is 1. The summed E-state index contributed by atoms with van der Waals surface area (Å²) in [6, 6.07) is 12.2. The number of hydrogen-bond acceptors (Lipinski definition) is 5. The number of carbonyl (C=O) groups excluding carboxylic acids is 3. The third-order valence-corrected chi connectivity index (χ3v) is 6.76. The van der Waals surface area contributed by atoms with Gasteiger partial charge in [0.1, 0.15) is 5.82 Å².